The van der Waals surface area contributed by atoms with Crippen molar-refractivity contribution in [3.05, 3.63) is 40.7 Å². The lowest BCUT2D eigenvalue weighted by Crippen LogP contribution is -2.17. The molecule has 1 fully saturated rings. The molecule has 112 valence electrons. The predicted octanol–water partition coefficient (Wildman–Crippen LogP) is 3.25. The number of methoxy groups -OCH3 is 1. The Morgan fingerprint density at radius 2 is 2.10 bits per heavy atom. The molecule has 0 aliphatic heterocycles. The normalized spacial score (nSPS) is 21.6. The summed E-state index contributed by atoms with van der Waals surface area (Å²) in [5.41, 5.74) is 1.04. The van der Waals surface area contributed by atoms with E-state index < -0.39 is 0 Å². The van der Waals surface area contributed by atoms with Gasteiger partial charge in [0.1, 0.15) is 10.8 Å². The molecule has 1 heterocycles. The monoisotopic (exact) mass is 307 g/mol. The Morgan fingerprint density at radius 3 is 2.81 bits per heavy atom. The maximum Gasteiger partial charge on any atom is 0.205 e. The molecule has 1 aromatic heterocycles. The van der Waals surface area contributed by atoms with Crippen molar-refractivity contribution >= 4 is 16.5 Å². The summed E-state index contributed by atoms with van der Waals surface area (Å²) < 4.78 is 18.2. The molecule has 6 heteroatoms. The van der Waals surface area contributed by atoms with Crippen molar-refractivity contribution in [1.29, 1.82) is 0 Å². The summed E-state index contributed by atoms with van der Waals surface area (Å²) in [4.78, 5) is 0. The lowest BCUT2D eigenvalue weighted by molar-refractivity contribution is 0.108. The number of halogens is 1. The summed E-state index contributed by atoms with van der Waals surface area (Å²) in [6.45, 7) is 0. The number of ether oxygens (including phenoxy) is 1. The number of benzene rings is 1. The highest BCUT2D eigenvalue weighted by molar-refractivity contribution is 7.15. The zero-order valence-electron chi connectivity index (χ0n) is 11.9. The minimum atomic E-state index is -0.215. The number of aromatic nitrogens is 2. The molecule has 21 heavy (non-hydrogen) atoms. The van der Waals surface area contributed by atoms with Gasteiger partial charge in [0.05, 0.1) is 6.10 Å². The Kier molecular flexibility index (Phi) is 4.45. The number of hydrogen-bond acceptors (Lipinski definition) is 5. The molecule has 1 saturated carbocycles. The maximum atomic E-state index is 12.9. The van der Waals surface area contributed by atoms with E-state index in [1.807, 2.05) is 0 Å². The molecule has 0 bridgehead atoms. The third kappa shape index (κ3) is 3.77. The van der Waals surface area contributed by atoms with E-state index in [2.05, 4.69) is 15.5 Å². The summed E-state index contributed by atoms with van der Waals surface area (Å²) in [7, 11) is 1.76. The van der Waals surface area contributed by atoms with E-state index in [0.29, 0.717) is 18.6 Å². The quantitative estimate of drug-likeness (QED) is 0.921. The molecule has 2 unspecified atom stereocenters. The molecule has 1 aliphatic rings. The van der Waals surface area contributed by atoms with Crippen LogP contribution in [0.5, 0.6) is 0 Å². The molecule has 0 radical (unpaired) electrons. The van der Waals surface area contributed by atoms with Crippen LogP contribution in [0.4, 0.5) is 9.52 Å². The van der Waals surface area contributed by atoms with E-state index >= 15 is 0 Å². The number of anilines is 1. The first-order chi connectivity index (χ1) is 10.2. The highest BCUT2D eigenvalue weighted by Crippen LogP contribution is 2.26. The van der Waals surface area contributed by atoms with E-state index in [4.69, 9.17) is 4.74 Å². The van der Waals surface area contributed by atoms with Gasteiger partial charge in [0.2, 0.25) is 5.13 Å². The average molecular weight is 307 g/mol. The Balaban J connectivity index is 1.57. The molecule has 0 spiro atoms. The van der Waals surface area contributed by atoms with Crippen LogP contribution in [0, 0.1) is 5.82 Å². The van der Waals surface area contributed by atoms with Crippen LogP contribution in [0.25, 0.3) is 0 Å². The highest BCUT2D eigenvalue weighted by atomic mass is 32.1. The Morgan fingerprint density at radius 1 is 1.29 bits per heavy atom. The molecular formula is C15H18FN3OS. The Hall–Kier alpha value is -1.53. The summed E-state index contributed by atoms with van der Waals surface area (Å²) in [6, 6.07) is 6.92. The number of rotatable bonds is 5. The van der Waals surface area contributed by atoms with E-state index in [9.17, 15) is 4.39 Å². The fraction of sp³-hybridized carbons (Fsp3) is 0.467. The molecule has 4 nitrogen and oxygen atoms in total. The minimum absolute atomic E-state index is 0.215. The van der Waals surface area contributed by atoms with Gasteiger partial charge in [0.25, 0.3) is 0 Å². The second-order valence-corrected chi connectivity index (χ2v) is 6.38. The van der Waals surface area contributed by atoms with E-state index in [1.54, 1.807) is 30.6 Å². The lowest BCUT2D eigenvalue weighted by atomic mass is 10.2. The van der Waals surface area contributed by atoms with Crippen LogP contribution in [0.2, 0.25) is 0 Å². The number of nitrogens with zero attached hydrogens (tertiary/aromatic N) is 2. The molecular weight excluding hydrogens is 289 g/mol. The molecule has 1 N–H and O–H groups in total. The van der Waals surface area contributed by atoms with Crippen molar-refractivity contribution < 1.29 is 9.13 Å². The molecule has 3 rings (SSSR count). The standard InChI is InChI=1S/C15H18FN3OS/c1-20-13-7-6-12(9-13)17-15-19-18-14(21-15)8-10-2-4-11(16)5-3-10/h2-5,12-13H,6-9H2,1H3,(H,17,19). The van der Waals surface area contributed by atoms with Gasteiger partial charge in [-0.3, -0.25) is 0 Å². The van der Waals surface area contributed by atoms with Crippen LogP contribution in [0.1, 0.15) is 29.8 Å². The van der Waals surface area contributed by atoms with Gasteiger partial charge in [0.15, 0.2) is 0 Å². The van der Waals surface area contributed by atoms with Gasteiger partial charge in [-0.15, -0.1) is 10.2 Å². The van der Waals surface area contributed by atoms with Crippen molar-refractivity contribution in [1.82, 2.24) is 10.2 Å². The van der Waals surface area contributed by atoms with Gasteiger partial charge >= 0.3 is 0 Å². The van der Waals surface area contributed by atoms with Crippen LogP contribution in [0.15, 0.2) is 24.3 Å². The van der Waals surface area contributed by atoms with Gasteiger partial charge in [-0.2, -0.15) is 0 Å². The van der Waals surface area contributed by atoms with E-state index in [-0.39, 0.29) is 5.82 Å². The largest absolute Gasteiger partial charge is 0.381 e. The van der Waals surface area contributed by atoms with Crippen molar-refractivity contribution in [3.8, 4) is 0 Å². The van der Waals surface area contributed by atoms with Crippen molar-refractivity contribution in [2.75, 3.05) is 12.4 Å². The van der Waals surface area contributed by atoms with Crippen LogP contribution in [0.3, 0.4) is 0 Å². The fourth-order valence-electron chi connectivity index (χ4n) is 2.62. The molecule has 2 aromatic rings. The average Bonchev–Trinajstić information content (AvgIpc) is 3.11. The first-order valence-electron chi connectivity index (χ1n) is 7.09. The lowest BCUT2D eigenvalue weighted by Gasteiger charge is -2.10. The van der Waals surface area contributed by atoms with Gasteiger partial charge in [-0.1, -0.05) is 23.5 Å². The summed E-state index contributed by atoms with van der Waals surface area (Å²) in [5.74, 6) is -0.215. The van der Waals surface area contributed by atoms with E-state index in [1.165, 1.54) is 12.1 Å². The second kappa shape index (κ2) is 6.49. The Bertz CT molecular complexity index is 587. The van der Waals surface area contributed by atoms with Gasteiger partial charge < -0.3 is 10.1 Å². The van der Waals surface area contributed by atoms with E-state index in [0.717, 1.165) is 35.0 Å². The molecule has 0 amide bonds. The fourth-order valence-corrected chi connectivity index (χ4v) is 3.47. The second-order valence-electron chi connectivity index (χ2n) is 5.32. The van der Waals surface area contributed by atoms with Crippen molar-refractivity contribution in [2.24, 2.45) is 0 Å². The first-order valence-corrected chi connectivity index (χ1v) is 7.91. The van der Waals surface area contributed by atoms with Crippen LogP contribution >= 0.6 is 11.3 Å². The predicted molar refractivity (Wildman–Crippen MR) is 81.2 cm³/mol. The van der Waals surface area contributed by atoms with Gasteiger partial charge in [-0.25, -0.2) is 4.39 Å². The number of hydrogen-bond donors (Lipinski definition) is 1. The third-order valence-corrected chi connectivity index (χ3v) is 4.64. The van der Waals surface area contributed by atoms with Gasteiger partial charge in [0, 0.05) is 19.6 Å². The topological polar surface area (TPSA) is 47.0 Å². The molecule has 1 aromatic carbocycles. The summed E-state index contributed by atoms with van der Waals surface area (Å²) >= 11 is 1.56. The molecule has 2 atom stereocenters. The summed E-state index contributed by atoms with van der Waals surface area (Å²) in [6.07, 6.45) is 4.25. The zero-order chi connectivity index (χ0) is 14.7. The van der Waals surface area contributed by atoms with Crippen LogP contribution < -0.4 is 5.32 Å². The third-order valence-electron chi connectivity index (χ3n) is 3.78. The first kappa shape index (κ1) is 14.4. The van der Waals surface area contributed by atoms with Crippen molar-refractivity contribution in [3.63, 3.8) is 0 Å². The molecule has 0 saturated heterocycles. The molecule has 1 aliphatic carbocycles. The van der Waals surface area contributed by atoms with Crippen molar-refractivity contribution in [2.45, 2.75) is 37.8 Å². The highest BCUT2D eigenvalue weighted by Gasteiger charge is 2.25. The SMILES string of the molecule is COC1CCC(Nc2nnc(Cc3ccc(F)cc3)s2)C1. The zero-order valence-corrected chi connectivity index (χ0v) is 12.7. The van der Waals surface area contributed by atoms with Crippen LogP contribution in [-0.2, 0) is 11.2 Å². The van der Waals surface area contributed by atoms with Crippen LogP contribution in [-0.4, -0.2) is 29.5 Å². The maximum absolute atomic E-state index is 12.9. The smallest absolute Gasteiger partial charge is 0.205 e. The minimum Gasteiger partial charge on any atom is -0.381 e. The Labute approximate surface area is 127 Å². The van der Waals surface area contributed by atoms with Gasteiger partial charge in [-0.05, 0) is 37.0 Å². The number of nitrogens with one attached hydrogen (secondary N) is 1. The summed E-state index contributed by atoms with van der Waals surface area (Å²) in [5, 5.41) is 13.6.